The van der Waals surface area contributed by atoms with E-state index in [-0.39, 0.29) is 22.9 Å². The number of halogens is 1. The van der Waals surface area contributed by atoms with Crippen molar-refractivity contribution in [2.75, 3.05) is 10.8 Å². The van der Waals surface area contributed by atoms with E-state index in [9.17, 15) is 12.8 Å². The number of hydrogen-bond acceptors (Lipinski definition) is 4. The second-order valence-electron chi connectivity index (χ2n) is 7.13. The molecule has 0 spiro atoms. The maximum Gasteiger partial charge on any atom is 0.268 e. The van der Waals surface area contributed by atoms with Crippen LogP contribution in [0.15, 0.2) is 23.1 Å². The molecule has 142 valence electrons. The number of rotatable bonds is 4. The van der Waals surface area contributed by atoms with Gasteiger partial charge in [0.25, 0.3) is 10.0 Å². The first-order chi connectivity index (χ1) is 12.1. The molecule has 1 aliphatic heterocycles. The molecule has 0 fully saturated rings. The highest BCUT2D eigenvalue weighted by Crippen LogP contribution is 2.39. The Morgan fingerprint density at radius 3 is 2.69 bits per heavy atom. The maximum atomic E-state index is 14.2. The van der Waals surface area contributed by atoms with E-state index in [4.69, 9.17) is 4.74 Å². The van der Waals surface area contributed by atoms with Crippen LogP contribution in [0.1, 0.15) is 32.2 Å². The van der Waals surface area contributed by atoms with Gasteiger partial charge in [0.2, 0.25) is 0 Å². The minimum absolute atomic E-state index is 0.0281. The number of nitrogens with zero attached hydrogens (tertiary/aromatic N) is 3. The lowest BCUT2D eigenvalue weighted by Gasteiger charge is -2.34. The van der Waals surface area contributed by atoms with Crippen molar-refractivity contribution >= 4 is 15.7 Å². The van der Waals surface area contributed by atoms with Crippen molar-refractivity contribution in [2.45, 2.75) is 52.2 Å². The van der Waals surface area contributed by atoms with Crippen LogP contribution in [-0.4, -0.2) is 30.8 Å². The van der Waals surface area contributed by atoms with Crippen LogP contribution < -0.4 is 9.04 Å². The molecule has 0 bridgehead atoms. The molecule has 0 radical (unpaired) electrons. The van der Waals surface area contributed by atoms with E-state index >= 15 is 0 Å². The van der Waals surface area contributed by atoms with Crippen LogP contribution in [0.2, 0.25) is 0 Å². The smallest absolute Gasteiger partial charge is 0.268 e. The molecule has 0 saturated heterocycles. The molecule has 1 aliphatic rings. The lowest BCUT2D eigenvalue weighted by atomic mass is 10.2. The highest BCUT2D eigenvalue weighted by molar-refractivity contribution is 7.93. The van der Waals surface area contributed by atoms with E-state index < -0.39 is 21.9 Å². The van der Waals surface area contributed by atoms with Gasteiger partial charge in [0.1, 0.15) is 11.0 Å². The van der Waals surface area contributed by atoms with Gasteiger partial charge in [-0.15, -0.1) is 0 Å². The maximum absolute atomic E-state index is 14.2. The zero-order valence-electron chi connectivity index (χ0n) is 15.7. The highest BCUT2D eigenvalue weighted by Gasteiger charge is 2.37. The average molecular weight is 381 g/mol. The summed E-state index contributed by atoms with van der Waals surface area (Å²) >= 11 is 0. The van der Waals surface area contributed by atoms with Gasteiger partial charge in [0.05, 0.1) is 23.6 Å². The summed E-state index contributed by atoms with van der Waals surface area (Å²) in [7, 11) is -3.90. The zero-order valence-corrected chi connectivity index (χ0v) is 16.5. The van der Waals surface area contributed by atoms with Crippen molar-refractivity contribution in [2.24, 2.45) is 5.92 Å². The van der Waals surface area contributed by atoms with Crippen molar-refractivity contribution in [3.63, 3.8) is 0 Å². The number of ether oxygens (including phenoxy) is 1. The number of aryl methyl sites for hydroxylation is 1. The molecule has 3 rings (SSSR count). The lowest BCUT2D eigenvalue weighted by molar-refractivity contribution is 0.209. The summed E-state index contributed by atoms with van der Waals surface area (Å²) in [5.74, 6) is -0.264. The fraction of sp³-hybridized carbons (Fsp3) is 0.500. The molecule has 26 heavy (non-hydrogen) atoms. The molecular weight excluding hydrogens is 357 g/mol. The first-order valence-electron chi connectivity index (χ1n) is 8.64. The molecule has 0 saturated carbocycles. The minimum atomic E-state index is -3.90. The number of para-hydroxylation sites is 1. The number of anilines is 1. The number of sulfonamides is 1. The first-order valence-corrected chi connectivity index (χ1v) is 10.1. The molecule has 8 heteroatoms. The predicted octanol–water partition coefficient (Wildman–Crippen LogP) is 3.27. The van der Waals surface area contributed by atoms with Crippen molar-refractivity contribution in [1.29, 1.82) is 0 Å². The SMILES string of the molecule is Cc1nn(CC(C)C)c(C)c1S(=O)(=O)N1CC(C)Oc2c(F)cccc21. The van der Waals surface area contributed by atoms with E-state index in [0.717, 1.165) is 0 Å². The Hall–Kier alpha value is -2.09. The van der Waals surface area contributed by atoms with Crippen LogP contribution in [0.5, 0.6) is 5.75 Å². The summed E-state index contributed by atoms with van der Waals surface area (Å²) in [4.78, 5) is 0.183. The van der Waals surface area contributed by atoms with Gasteiger partial charge in [-0.1, -0.05) is 19.9 Å². The van der Waals surface area contributed by atoms with Gasteiger partial charge >= 0.3 is 0 Å². The summed E-state index contributed by atoms with van der Waals surface area (Å²) in [5.41, 5.74) is 1.26. The second-order valence-corrected chi connectivity index (χ2v) is 8.93. The molecular formula is C18H24FN3O3S. The van der Waals surface area contributed by atoms with Crippen molar-refractivity contribution in [3.8, 4) is 5.75 Å². The van der Waals surface area contributed by atoms with Crippen LogP contribution in [0.4, 0.5) is 10.1 Å². The normalized spacial score (nSPS) is 17.3. The van der Waals surface area contributed by atoms with E-state index in [1.165, 1.54) is 16.4 Å². The largest absolute Gasteiger partial charge is 0.484 e. The molecule has 0 aliphatic carbocycles. The fourth-order valence-electron chi connectivity index (χ4n) is 3.30. The van der Waals surface area contributed by atoms with E-state index in [1.54, 1.807) is 31.5 Å². The van der Waals surface area contributed by atoms with Gasteiger partial charge in [-0.3, -0.25) is 8.99 Å². The molecule has 1 aromatic heterocycles. The van der Waals surface area contributed by atoms with E-state index in [2.05, 4.69) is 5.10 Å². The molecule has 1 unspecified atom stereocenters. The Balaban J connectivity index is 2.13. The molecule has 0 N–H and O–H groups in total. The quantitative estimate of drug-likeness (QED) is 0.815. The zero-order chi connectivity index (χ0) is 19.2. The summed E-state index contributed by atoms with van der Waals surface area (Å²) in [6.45, 7) is 10.0. The van der Waals surface area contributed by atoms with E-state index in [0.29, 0.717) is 23.9 Å². The van der Waals surface area contributed by atoms with Gasteiger partial charge in [-0.2, -0.15) is 5.10 Å². The third-order valence-electron chi connectivity index (χ3n) is 4.36. The molecule has 2 heterocycles. The molecule has 1 aromatic carbocycles. The van der Waals surface area contributed by atoms with Gasteiger partial charge < -0.3 is 4.74 Å². The van der Waals surface area contributed by atoms with Crippen LogP contribution in [0.3, 0.4) is 0 Å². The summed E-state index contributed by atoms with van der Waals surface area (Å²) in [5, 5.41) is 4.41. The predicted molar refractivity (Wildman–Crippen MR) is 97.6 cm³/mol. The third kappa shape index (κ3) is 3.06. The van der Waals surface area contributed by atoms with Gasteiger partial charge in [-0.05, 0) is 38.8 Å². The number of fused-ring (bicyclic) bond motifs is 1. The topological polar surface area (TPSA) is 64.4 Å². The second kappa shape index (κ2) is 6.57. The summed E-state index contributed by atoms with van der Waals surface area (Å²) in [6, 6.07) is 4.31. The molecule has 1 atom stereocenters. The van der Waals surface area contributed by atoms with Crippen LogP contribution in [0, 0.1) is 25.6 Å². The minimum Gasteiger partial charge on any atom is -0.484 e. The van der Waals surface area contributed by atoms with E-state index in [1.807, 2.05) is 13.8 Å². The summed E-state index contributed by atoms with van der Waals surface area (Å²) < 4.78 is 49.5. The lowest BCUT2D eigenvalue weighted by Crippen LogP contribution is -2.42. The Morgan fingerprint density at radius 1 is 1.35 bits per heavy atom. The van der Waals surface area contributed by atoms with Gasteiger partial charge in [-0.25, -0.2) is 12.8 Å². The van der Waals surface area contributed by atoms with Gasteiger partial charge in [0.15, 0.2) is 11.6 Å². The first kappa shape index (κ1) is 18.7. The molecule has 6 nitrogen and oxygen atoms in total. The Morgan fingerprint density at radius 2 is 2.04 bits per heavy atom. The Kier molecular flexibility index (Phi) is 4.72. The average Bonchev–Trinajstić information content (AvgIpc) is 2.81. The van der Waals surface area contributed by atoms with Crippen molar-refractivity contribution < 1.29 is 17.5 Å². The fourth-order valence-corrected chi connectivity index (χ4v) is 5.22. The van der Waals surface area contributed by atoms with Crippen molar-refractivity contribution in [3.05, 3.63) is 35.4 Å². The van der Waals surface area contributed by atoms with Crippen LogP contribution >= 0.6 is 0 Å². The summed E-state index contributed by atoms with van der Waals surface area (Å²) in [6.07, 6.45) is -0.458. The molecule has 2 aromatic rings. The van der Waals surface area contributed by atoms with Crippen LogP contribution in [0.25, 0.3) is 0 Å². The van der Waals surface area contributed by atoms with Crippen molar-refractivity contribution in [1.82, 2.24) is 9.78 Å². The monoisotopic (exact) mass is 381 g/mol. The Bertz CT molecular complexity index is 937. The van der Waals surface area contributed by atoms with Gasteiger partial charge in [0, 0.05) is 6.54 Å². The molecule has 0 amide bonds. The standard InChI is InChI=1S/C18H24FN3O3S/c1-11(2)9-21-14(5)18(13(4)20-21)26(23,24)22-10-12(3)25-17-15(19)7-6-8-16(17)22/h6-8,11-12H,9-10H2,1-5H3. The Labute approximate surface area is 153 Å². The highest BCUT2D eigenvalue weighted by atomic mass is 32.2. The van der Waals surface area contributed by atoms with Crippen LogP contribution in [-0.2, 0) is 16.6 Å². The number of hydrogen-bond donors (Lipinski definition) is 0. The third-order valence-corrected chi connectivity index (χ3v) is 6.39. The number of benzene rings is 1. The number of aromatic nitrogens is 2.